The average Bonchev–Trinajstić information content (AvgIpc) is 0.725. The Bertz CT molecular complexity index is 3440. The number of hydrogen-bond acceptors (Lipinski definition) is 24. The van der Waals surface area contributed by atoms with Crippen LogP contribution in [0.5, 0.6) is 11.5 Å². The molecule has 108 heavy (non-hydrogen) atoms. The second-order valence-electron chi connectivity index (χ2n) is 26.7. The van der Waals surface area contributed by atoms with E-state index in [1.54, 1.807) is 55.4 Å². The first-order chi connectivity index (χ1) is 50.1. The van der Waals surface area contributed by atoms with Gasteiger partial charge in [-0.05, 0) is 87.5 Å². The van der Waals surface area contributed by atoms with E-state index in [1.807, 2.05) is 0 Å². The van der Waals surface area contributed by atoms with E-state index in [9.17, 15) is 123 Å². The van der Waals surface area contributed by atoms with Gasteiger partial charge in [-0.25, -0.2) is 9.59 Å². The lowest BCUT2D eigenvalue weighted by molar-refractivity contribution is -0.190. The van der Waals surface area contributed by atoms with E-state index < -0.39 is 265 Å². The van der Waals surface area contributed by atoms with Gasteiger partial charge in [0.2, 0.25) is 70.6 Å². The van der Waals surface area contributed by atoms with Gasteiger partial charge in [-0.2, -0.15) is 26.3 Å². The van der Waals surface area contributed by atoms with Crippen molar-refractivity contribution in [2.24, 2.45) is 35.1 Å². The molecule has 0 aromatic heterocycles. The van der Waals surface area contributed by atoms with Crippen molar-refractivity contribution in [2.75, 3.05) is 50.0 Å². The maximum absolute atomic E-state index is 14.9. The van der Waals surface area contributed by atoms with Crippen molar-refractivity contribution in [3.05, 3.63) is 46.5 Å². The minimum Gasteiger partial charge on any atom is -0.481 e. The van der Waals surface area contributed by atoms with Crippen LogP contribution in [0.15, 0.2) is 24.3 Å². The topological polar surface area (TPSA) is 569 Å². The fourth-order valence-corrected chi connectivity index (χ4v) is 10.5. The molecular weight excluding hydrogens is 1450 g/mol. The van der Waals surface area contributed by atoms with Crippen LogP contribution in [0.3, 0.4) is 0 Å². The molecule has 0 saturated heterocycles. The lowest BCUT2D eigenvalue weighted by Crippen LogP contribution is -2.59. The van der Waals surface area contributed by atoms with Gasteiger partial charge in [0.05, 0.1) is 60.4 Å². The maximum Gasteiger partial charge on any atom is 0.491 e. The van der Waals surface area contributed by atoms with Gasteiger partial charge in [0, 0.05) is 37.6 Å². The Morgan fingerprint density at radius 1 is 0.380 bits per heavy atom. The van der Waals surface area contributed by atoms with Crippen molar-refractivity contribution >= 4 is 106 Å². The number of rotatable bonds is 44. The number of hydrogen-bond donors (Lipinski definition) is 18. The van der Waals surface area contributed by atoms with E-state index in [0.717, 1.165) is 12.1 Å². The Labute approximate surface area is 613 Å². The number of aliphatic carboxylic acids is 2. The molecule has 0 spiro atoms. The van der Waals surface area contributed by atoms with Crippen molar-refractivity contribution < 1.29 is 133 Å². The fraction of sp³-hybridized carbons (Fsp3) is 0.576. The molecule has 2 aromatic carbocycles. The Balaban J connectivity index is 1.98. The number of aliphatic hydroxyl groups excluding tert-OH is 2. The lowest BCUT2D eigenvalue weighted by atomic mass is 9.81. The number of nitrogens with two attached hydrogens (primary N) is 2. The van der Waals surface area contributed by atoms with Gasteiger partial charge in [0.25, 0.3) is 0 Å². The summed E-state index contributed by atoms with van der Waals surface area (Å²) in [6.45, 7) is 11.9. The molecule has 0 fully saturated rings. The van der Waals surface area contributed by atoms with Gasteiger partial charge >= 0.3 is 36.2 Å². The van der Waals surface area contributed by atoms with E-state index in [1.165, 1.54) is 13.8 Å². The maximum atomic E-state index is 14.9. The molecule has 0 heterocycles. The minimum atomic E-state index is -5.82. The first-order valence-corrected chi connectivity index (χ1v) is 33.8. The largest absolute Gasteiger partial charge is 0.491 e. The third kappa shape index (κ3) is 28.3. The van der Waals surface area contributed by atoms with Crippen molar-refractivity contribution in [2.45, 2.75) is 181 Å². The number of esters is 2. The second-order valence-corrected chi connectivity index (χ2v) is 26.7. The molecule has 1 aliphatic carbocycles. The molecule has 42 heteroatoms. The van der Waals surface area contributed by atoms with Crippen LogP contribution in [0, 0.1) is 23.7 Å². The highest BCUT2D eigenvalue weighted by molar-refractivity contribution is 6.34. The number of fused-ring (bicyclic) bond motifs is 2. The number of nitrogens with one attached hydrogen (secondary N) is 12. The molecule has 10 amide bonds. The number of ether oxygens (including phenoxy) is 2. The Morgan fingerprint density at radius 2 is 0.648 bits per heavy atom. The Morgan fingerprint density at radius 3 is 0.917 bits per heavy atom. The van der Waals surface area contributed by atoms with E-state index >= 15 is 0 Å². The normalized spacial score (nSPS) is 14.8. The highest BCUT2D eigenvalue weighted by Gasteiger charge is 2.47. The summed E-state index contributed by atoms with van der Waals surface area (Å²) in [5, 5.41) is 69.1. The predicted molar refractivity (Wildman–Crippen MR) is 365 cm³/mol. The highest BCUT2D eigenvalue weighted by Crippen LogP contribution is 2.44. The quantitative estimate of drug-likeness (QED) is 0.0128. The zero-order chi connectivity index (χ0) is 82.2. The van der Waals surface area contributed by atoms with E-state index in [4.69, 9.17) is 11.5 Å². The molecule has 600 valence electrons. The average molecular weight is 1550 g/mol. The van der Waals surface area contributed by atoms with Crippen LogP contribution in [0.1, 0.15) is 140 Å². The van der Waals surface area contributed by atoms with Crippen LogP contribution in [0.4, 0.5) is 37.7 Å². The number of ketones is 2. The molecule has 20 N–H and O–H groups in total. The number of benzene rings is 2. The fourth-order valence-electron chi connectivity index (χ4n) is 10.5. The summed E-state index contributed by atoms with van der Waals surface area (Å²) in [6, 6.07) is -12.4. The van der Waals surface area contributed by atoms with Gasteiger partial charge in [0.1, 0.15) is 59.8 Å². The summed E-state index contributed by atoms with van der Waals surface area (Å²) in [5.74, 6) is -25.9. The summed E-state index contributed by atoms with van der Waals surface area (Å²) in [5.41, 5.74) is 5.51. The summed E-state index contributed by atoms with van der Waals surface area (Å²) in [4.78, 5) is 210. The second kappa shape index (κ2) is 41.5. The number of carboxylic acids is 2. The highest BCUT2D eigenvalue weighted by atomic mass is 19.4. The number of carbonyl (C=O) groups is 16. The molecule has 0 aliphatic heterocycles. The molecule has 1 aliphatic rings. The zero-order valence-corrected chi connectivity index (χ0v) is 60.4. The Kier molecular flexibility index (Phi) is 35.2. The third-order valence-electron chi connectivity index (χ3n) is 15.7. The van der Waals surface area contributed by atoms with Crippen LogP contribution in [-0.4, -0.2) is 227 Å². The minimum absolute atomic E-state index is 0.0517. The van der Waals surface area contributed by atoms with Crippen LogP contribution < -0.4 is 84.7 Å². The van der Waals surface area contributed by atoms with Crippen molar-refractivity contribution in [1.82, 2.24) is 53.2 Å². The number of anilines is 2. The number of halogens is 6. The Hall–Kier alpha value is -10.6. The van der Waals surface area contributed by atoms with Crippen molar-refractivity contribution in [3.8, 4) is 11.5 Å². The number of carbonyl (C=O) groups excluding carboxylic acids is 14. The van der Waals surface area contributed by atoms with Crippen molar-refractivity contribution in [1.29, 1.82) is 0 Å². The van der Waals surface area contributed by atoms with Gasteiger partial charge in [-0.15, -0.1) is 0 Å². The summed E-state index contributed by atoms with van der Waals surface area (Å²) in [7, 11) is 0. The van der Waals surface area contributed by atoms with Crippen LogP contribution in [-0.2, 0) is 67.1 Å². The van der Waals surface area contributed by atoms with Crippen LogP contribution in [0.25, 0.3) is 0 Å². The van der Waals surface area contributed by atoms with Gasteiger partial charge < -0.3 is 105 Å². The number of amides is 10. The number of aliphatic hydroxyl groups is 2. The van der Waals surface area contributed by atoms with Gasteiger partial charge in [0.15, 0.2) is 0 Å². The summed E-state index contributed by atoms with van der Waals surface area (Å²) < 4.78 is 91.1. The van der Waals surface area contributed by atoms with Crippen LogP contribution in [0.2, 0.25) is 0 Å². The molecule has 0 radical (unpaired) electrons. The third-order valence-corrected chi connectivity index (χ3v) is 15.7. The molecule has 3 rings (SSSR count). The van der Waals surface area contributed by atoms with E-state index in [2.05, 4.69) is 73.3 Å². The number of primary amides is 2. The van der Waals surface area contributed by atoms with E-state index in [-0.39, 0.29) is 49.4 Å². The number of carboxylic acid groups (broad SMARTS) is 2. The summed E-state index contributed by atoms with van der Waals surface area (Å²) >= 11 is 0. The number of alkyl halides is 6. The lowest BCUT2D eigenvalue weighted by Gasteiger charge is -2.27. The molecular formula is C66H92F6N14O22. The molecule has 10 atom stereocenters. The van der Waals surface area contributed by atoms with Crippen molar-refractivity contribution in [3.63, 3.8) is 0 Å². The van der Waals surface area contributed by atoms with Gasteiger partial charge in [-0.3, -0.25) is 67.1 Å². The molecule has 2 aromatic rings. The smallest absolute Gasteiger partial charge is 0.481 e. The standard InChI is InChI=1S/C66H92F6N14O22/c1-27(2)19-35(53(73)95)81-59(101)39(21-29(5)6)83-55(97)31(9)79-61(103)41(25-87)85-57(99)37(23-45(89)90)77-17-15-75-33-11-12-34(48-47(33)51(93)49-43(107-63(105)65(67,68)69)13-14-44(50(49)52(48)94)108-64(106)66(70,71)72)76-16-18-78-38(24-46(91)92)58(100)86-42(26-88)62(104)80-32(10)56(98)84-40(22-30(7)8)60(102)82-36(54(74)96)20-28(3)4/h11-14,27-32,35-42,75-78,87-88H,15-26H2,1-10H3,(H2,73,95)(H2,74,96)(H,79,103)(H,80,104)(H,81,101)(H,82,102)(H,83,97)(H,84,98)(H,85,99)(H,86,100)(H,89,90)(H,91,92)/t31-,32-,35-,36-,37-,38-,39-,40-,41-,42-/m0/s1. The first-order valence-electron chi connectivity index (χ1n) is 33.8. The molecule has 36 nitrogen and oxygen atoms in total. The molecule has 0 saturated carbocycles. The predicted octanol–water partition coefficient (Wildman–Crippen LogP) is -1.86. The van der Waals surface area contributed by atoms with E-state index in [0.29, 0.717) is 12.1 Å². The molecule has 0 bridgehead atoms. The monoisotopic (exact) mass is 1550 g/mol. The van der Waals surface area contributed by atoms with Crippen LogP contribution >= 0.6 is 0 Å². The first kappa shape index (κ1) is 91.6. The van der Waals surface area contributed by atoms with Gasteiger partial charge in [-0.1, -0.05) is 55.4 Å². The molecule has 0 unspecified atom stereocenters. The SMILES string of the molecule is CC(C)C[C@H](NC(=O)[C@H](CC(C)C)NC(=O)[C@H](C)NC(=O)[C@H](CO)NC(=O)[C@H](CC(=O)O)NCCNc1ccc(NCCN[C@@H](CC(=O)O)C(=O)N[C@@H](CO)C(=O)N[C@@H](C)C(=O)N[C@@H](CC(C)C)C(=O)N[C@@H](CC(C)C)C(N)=O)c2c1C(=O)c1c(OC(=O)C(F)(F)F)ccc(OC(=O)C(F)(F)F)c1C2=O)C(N)=O. The zero-order valence-electron chi connectivity index (χ0n) is 60.4. The summed E-state index contributed by atoms with van der Waals surface area (Å²) in [6.07, 6.45) is -13.3.